The molecule has 0 spiro atoms. The molecule has 2 fully saturated rings. The number of carbonyl (C=O) groups is 1. The Balaban J connectivity index is 1.57. The fraction of sp³-hybridized carbons (Fsp3) is 0.667. The summed E-state index contributed by atoms with van der Waals surface area (Å²) < 4.78 is 5.78. The number of rotatable bonds is 3. The highest BCUT2D eigenvalue weighted by Crippen LogP contribution is 2.29. The largest absolute Gasteiger partial charge is 0.370 e. The van der Waals surface area contributed by atoms with E-state index in [-0.39, 0.29) is 18.1 Å². The quantitative estimate of drug-likeness (QED) is 0.929. The third-order valence-electron chi connectivity index (χ3n) is 4.49. The minimum atomic E-state index is 0.0381. The molecule has 0 radical (unpaired) electrons. The molecular weight excluding hydrogens is 272 g/mol. The minimum Gasteiger partial charge on any atom is -0.370 e. The molecule has 1 unspecified atom stereocenters. The zero-order chi connectivity index (χ0) is 13.9. The number of nitrogens with zero attached hydrogens (tertiary/aromatic N) is 1. The van der Waals surface area contributed by atoms with Crippen molar-refractivity contribution >= 4 is 17.2 Å². The lowest BCUT2D eigenvalue weighted by atomic mass is 9.99. The summed E-state index contributed by atoms with van der Waals surface area (Å²) in [6.45, 7) is 2.02. The van der Waals surface area contributed by atoms with Crippen LogP contribution in [0.4, 0.5) is 0 Å². The number of hydrogen-bond acceptors (Lipinski definition) is 4. The number of amides is 1. The van der Waals surface area contributed by atoms with Crippen molar-refractivity contribution in [2.75, 3.05) is 19.7 Å². The highest BCUT2D eigenvalue weighted by molar-refractivity contribution is 7.07. The van der Waals surface area contributed by atoms with Crippen LogP contribution in [0.3, 0.4) is 0 Å². The van der Waals surface area contributed by atoms with Crippen molar-refractivity contribution in [3.05, 3.63) is 22.4 Å². The standard InChI is InChI=1S/C15H22N2O2S/c16-13-3-1-2-11(13)8-15(18)17-5-6-19-14(9-17)12-4-7-20-10-12/h4,7,10-11,13-14H,1-3,5-6,8-9,16H2/t11-,13+,14?/m0/s1. The molecule has 3 rings (SSSR count). The van der Waals surface area contributed by atoms with Crippen LogP contribution < -0.4 is 5.73 Å². The van der Waals surface area contributed by atoms with Crippen molar-refractivity contribution in [2.24, 2.45) is 11.7 Å². The smallest absolute Gasteiger partial charge is 0.223 e. The number of carbonyl (C=O) groups excluding carboxylic acids is 1. The molecule has 110 valence electrons. The fourth-order valence-corrected chi connectivity index (χ4v) is 3.91. The van der Waals surface area contributed by atoms with E-state index >= 15 is 0 Å². The van der Waals surface area contributed by atoms with Gasteiger partial charge in [0, 0.05) is 19.0 Å². The topological polar surface area (TPSA) is 55.6 Å². The Morgan fingerprint density at radius 2 is 2.40 bits per heavy atom. The molecule has 1 aromatic heterocycles. The first-order chi connectivity index (χ1) is 9.74. The predicted molar refractivity (Wildman–Crippen MR) is 79.5 cm³/mol. The Morgan fingerprint density at radius 3 is 3.10 bits per heavy atom. The molecule has 1 saturated heterocycles. The van der Waals surface area contributed by atoms with Crippen LogP contribution in [0, 0.1) is 5.92 Å². The van der Waals surface area contributed by atoms with Gasteiger partial charge in [-0.05, 0) is 41.1 Å². The van der Waals surface area contributed by atoms with Crippen molar-refractivity contribution < 1.29 is 9.53 Å². The number of nitrogens with two attached hydrogens (primary N) is 1. The second-order valence-electron chi connectivity index (χ2n) is 5.81. The maximum absolute atomic E-state index is 12.4. The van der Waals surface area contributed by atoms with E-state index in [0.717, 1.165) is 12.8 Å². The summed E-state index contributed by atoms with van der Waals surface area (Å²) in [4.78, 5) is 14.4. The van der Waals surface area contributed by atoms with Gasteiger partial charge < -0.3 is 15.4 Å². The molecule has 1 aliphatic carbocycles. The van der Waals surface area contributed by atoms with Crippen LogP contribution >= 0.6 is 11.3 Å². The SMILES string of the molecule is N[C@@H]1CCC[C@H]1CC(=O)N1CCOC(c2ccsc2)C1. The molecule has 0 aromatic carbocycles. The summed E-state index contributed by atoms with van der Waals surface area (Å²) in [5.41, 5.74) is 7.25. The van der Waals surface area contributed by atoms with E-state index in [0.29, 0.717) is 32.0 Å². The first-order valence-corrected chi connectivity index (χ1v) is 8.35. The molecule has 0 bridgehead atoms. The predicted octanol–water partition coefficient (Wildman–Crippen LogP) is 2.17. The van der Waals surface area contributed by atoms with Crippen LogP contribution in [0.15, 0.2) is 16.8 Å². The molecule has 1 aliphatic heterocycles. The molecule has 2 aliphatic rings. The van der Waals surface area contributed by atoms with E-state index in [4.69, 9.17) is 10.5 Å². The molecule has 2 heterocycles. The molecule has 3 atom stereocenters. The van der Waals surface area contributed by atoms with Gasteiger partial charge in [0.05, 0.1) is 13.2 Å². The maximum Gasteiger partial charge on any atom is 0.223 e. The zero-order valence-corrected chi connectivity index (χ0v) is 12.5. The highest BCUT2D eigenvalue weighted by atomic mass is 32.1. The Labute approximate surface area is 123 Å². The lowest BCUT2D eigenvalue weighted by Gasteiger charge is -2.33. The van der Waals surface area contributed by atoms with Crippen LogP contribution in [-0.4, -0.2) is 36.5 Å². The van der Waals surface area contributed by atoms with Crippen molar-refractivity contribution in [3.8, 4) is 0 Å². The lowest BCUT2D eigenvalue weighted by molar-refractivity contribution is -0.140. The number of ether oxygens (including phenoxy) is 1. The summed E-state index contributed by atoms with van der Waals surface area (Å²) in [6.07, 6.45) is 3.98. The molecule has 4 nitrogen and oxygen atoms in total. The summed E-state index contributed by atoms with van der Waals surface area (Å²) in [5.74, 6) is 0.626. The maximum atomic E-state index is 12.4. The second-order valence-corrected chi connectivity index (χ2v) is 6.59. The molecule has 1 saturated carbocycles. The van der Waals surface area contributed by atoms with E-state index in [1.807, 2.05) is 4.90 Å². The highest BCUT2D eigenvalue weighted by Gasteiger charge is 2.30. The van der Waals surface area contributed by atoms with Crippen molar-refractivity contribution in [1.29, 1.82) is 0 Å². The van der Waals surface area contributed by atoms with Gasteiger partial charge in [0.15, 0.2) is 0 Å². The normalized spacial score (nSPS) is 30.6. The summed E-state index contributed by atoms with van der Waals surface area (Å²) >= 11 is 1.67. The third-order valence-corrected chi connectivity index (χ3v) is 5.19. The van der Waals surface area contributed by atoms with Gasteiger partial charge in [0.25, 0.3) is 0 Å². The van der Waals surface area contributed by atoms with Gasteiger partial charge in [-0.3, -0.25) is 4.79 Å². The first kappa shape index (κ1) is 14.0. The Hall–Kier alpha value is -0.910. The second kappa shape index (κ2) is 6.24. The lowest BCUT2D eigenvalue weighted by Crippen LogP contribution is -2.43. The van der Waals surface area contributed by atoms with Crippen molar-refractivity contribution in [2.45, 2.75) is 37.8 Å². The fourth-order valence-electron chi connectivity index (χ4n) is 3.21. The van der Waals surface area contributed by atoms with Gasteiger partial charge in [-0.1, -0.05) is 6.42 Å². The van der Waals surface area contributed by atoms with Crippen LogP contribution in [0.2, 0.25) is 0 Å². The molecule has 1 amide bonds. The molecular formula is C15H22N2O2S. The van der Waals surface area contributed by atoms with E-state index in [9.17, 15) is 4.79 Å². The van der Waals surface area contributed by atoms with Crippen molar-refractivity contribution in [3.63, 3.8) is 0 Å². The van der Waals surface area contributed by atoms with Crippen LogP contribution in [0.1, 0.15) is 37.4 Å². The van der Waals surface area contributed by atoms with Gasteiger partial charge in [-0.15, -0.1) is 0 Å². The average Bonchev–Trinajstić information content (AvgIpc) is 3.12. The monoisotopic (exact) mass is 294 g/mol. The Kier molecular flexibility index (Phi) is 4.38. The molecule has 1 aromatic rings. The molecule has 5 heteroatoms. The van der Waals surface area contributed by atoms with Gasteiger partial charge in [-0.25, -0.2) is 0 Å². The van der Waals surface area contributed by atoms with E-state index in [2.05, 4.69) is 16.8 Å². The first-order valence-electron chi connectivity index (χ1n) is 7.41. The molecule has 20 heavy (non-hydrogen) atoms. The summed E-state index contributed by atoms with van der Waals surface area (Å²) in [5, 5.41) is 4.16. The van der Waals surface area contributed by atoms with Crippen molar-refractivity contribution in [1.82, 2.24) is 4.90 Å². The average molecular weight is 294 g/mol. The van der Waals surface area contributed by atoms with E-state index in [1.165, 1.54) is 12.0 Å². The third kappa shape index (κ3) is 3.05. The van der Waals surface area contributed by atoms with Gasteiger partial charge in [-0.2, -0.15) is 11.3 Å². The van der Waals surface area contributed by atoms with E-state index in [1.54, 1.807) is 11.3 Å². The van der Waals surface area contributed by atoms with Gasteiger partial charge in [0.1, 0.15) is 6.10 Å². The Morgan fingerprint density at radius 1 is 1.50 bits per heavy atom. The Bertz CT molecular complexity index is 449. The number of hydrogen-bond donors (Lipinski definition) is 1. The minimum absolute atomic E-state index is 0.0381. The van der Waals surface area contributed by atoms with Crippen LogP contribution in [-0.2, 0) is 9.53 Å². The van der Waals surface area contributed by atoms with Gasteiger partial charge >= 0.3 is 0 Å². The molecule has 2 N–H and O–H groups in total. The number of thiophene rings is 1. The summed E-state index contributed by atoms with van der Waals surface area (Å²) in [6, 6.07) is 2.29. The van der Waals surface area contributed by atoms with E-state index < -0.39 is 0 Å². The van der Waals surface area contributed by atoms with Gasteiger partial charge in [0.2, 0.25) is 5.91 Å². The zero-order valence-electron chi connectivity index (χ0n) is 11.7. The van der Waals surface area contributed by atoms with Crippen LogP contribution in [0.25, 0.3) is 0 Å². The summed E-state index contributed by atoms with van der Waals surface area (Å²) in [7, 11) is 0. The van der Waals surface area contributed by atoms with Crippen LogP contribution in [0.5, 0.6) is 0 Å². The number of morpholine rings is 1.